The molecule has 110 valence electrons. The van der Waals surface area contributed by atoms with E-state index < -0.39 is 0 Å². The molecule has 0 saturated heterocycles. The Kier molecular flexibility index (Phi) is 5.11. The number of esters is 1. The van der Waals surface area contributed by atoms with Gasteiger partial charge in [-0.3, -0.25) is 9.59 Å². The predicted octanol–water partition coefficient (Wildman–Crippen LogP) is 3.09. The van der Waals surface area contributed by atoms with Gasteiger partial charge in [0.2, 0.25) is 0 Å². The lowest BCUT2D eigenvalue weighted by Gasteiger charge is -2.17. The molecular formula is C16H17NO3S. The number of benzene rings is 1. The Morgan fingerprint density at radius 1 is 1.24 bits per heavy atom. The molecule has 0 radical (unpaired) electrons. The van der Waals surface area contributed by atoms with Gasteiger partial charge in [0.1, 0.15) is 0 Å². The summed E-state index contributed by atoms with van der Waals surface area (Å²) >= 11 is 1.50. The van der Waals surface area contributed by atoms with Gasteiger partial charge in [0.25, 0.3) is 5.91 Å². The van der Waals surface area contributed by atoms with Crippen LogP contribution in [0.4, 0.5) is 0 Å². The lowest BCUT2D eigenvalue weighted by Crippen LogP contribution is -2.30. The zero-order valence-corrected chi connectivity index (χ0v) is 12.8. The monoisotopic (exact) mass is 303 g/mol. The Morgan fingerprint density at radius 2 is 2.00 bits per heavy atom. The van der Waals surface area contributed by atoms with Crippen LogP contribution >= 0.6 is 11.3 Å². The summed E-state index contributed by atoms with van der Waals surface area (Å²) in [5.41, 5.74) is 1.52. The number of hydrogen-bond donors (Lipinski definition) is 1. The number of methoxy groups -OCH3 is 1. The van der Waals surface area contributed by atoms with E-state index >= 15 is 0 Å². The molecule has 1 aromatic carbocycles. The van der Waals surface area contributed by atoms with Crippen LogP contribution in [0.25, 0.3) is 0 Å². The first-order valence-corrected chi connectivity index (χ1v) is 7.46. The summed E-state index contributed by atoms with van der Waals surface area (Å²) in [6.07, 6.45) is 0.120. The summed E-state index contributed by atoms with van der Waals surface area (Å²) in [5, 5.41) is 4.83. The highest BCUT2D eigenvalue weighted by Crippen LogP contribution is 2.23. The third-order valence-corrected chi connectivity index (χ3v) is 4.17. The molecule has 0 bridgehead atoms. The summed E-state index contributed by atoms with van der Waals surface area (Å²) in [6.45, 7) is 1.88. The summed E-state index contributed by atoms with van der Waals surface area (Å²) < 4.78 is 4.70. The lowest BCUT2D eigenvalue weighted by molar-refractivity contribution is -0.141. The van der Waals surface area contributed by atoms with Gasteiger partial charge in [0.15, 0.2) is 0 Å². The normalized spacial score (nSPS) is 11.7. The van der Waals surface area contributed by atoms with Crippen molar-refractivity contribution in [2.45, 2.75) is 19.4 Å². The lowest BCUT2D eigenvalue weighted by atomic mass is 10.1. The molecule has 0 aliphatic heterocycles. The summed E-state index contributed by atoms with van der Waals surface area (Å²) in [6, 6.07) is 10.8. The standard InChI is InChI=1S/C16H17NO3S/c1-11-6-3-4-7-12(11)16(19)17-13(10-15(18)20-2)14-8-5-9-21-14/h3-9,13H,10H2,1-2H3,(H,17,19)/t13-/m0/s1. The Hall–Kier alpha value is -2.14. The van der Waals surface area contributed by atoms with Gasteiger partial charge >= 0.3 is 5.97 Å². The van der Waals surface area contributed by atoms with Crippen LogP contribution in [0, 0.1) is 6.92 Å². The molecule has 2 aromatic rings. The SMILES string of the molecule is COC(=O)C[C@H](NC(=O)c1ccccc1C)c1cccs1. The number of amides is 1. The fourth-order valence-electron chi connectivity index (χ4n) is 2.03. The van der Waals surface area contributed by atoms with E-state index in [1.165, 1.54) is 18.4 Å². The van der Waals surface area contributed by atoms with Crippen molar-refractivity contribution >= 4 is 23.2 Å². The maximum atomic E-state index is 12.4. The van der Waals surface area contributed by atoms with Gasteiger partial charge in [-0.25, -0.2) is 0 Å². The Bertz CT molecular complexity index is 622. The molecule has 5 heteroatoms. The van der Waals surface area contributed by atoms with E-state index in [2.05, 4.69) is 5.32 Å². The summed E-state index contributed by atoms with van der Waals surface area (Å²) in [4.78, 5) is 24.8. The van der Waals surface area contributed by atoms with Gasteiger partial charge < -0.3 is 10.1 Å². The molecule has 0 aliphatic carbocycles. The van der Waals surface area contributed by atoms with E-state index in [1.54, 1.807) is 6.07 Å². The van der Waals surface area contributed by atoms with E-state index in [9.17, 15) is 9.59 Å². The molecule has 1 heterocycles. The van der Waals surface area contributed by atoms with Crippen molar-refractivity contribution in [1.29, 1.82) is 0 Å². The topological polar surface area (TPSA) is 55.4 Å². The second kappa shape index (κ2) is 7.04. The molecule has 2 rings (SSSR count). The van der Waals surface area contributed by atoms with Crippen LogP contribution in [0.2, 0.25) is 0 Å². The van der Waals surface area contributed by atoms with Crippen molar-refractivity contribution in [3.05, 3.63) is 57.8 Å². The largest absolute Gasteiger partial charge is 0.469 e. The molecule has 21 heavy (non-hydrogen) atoms. The van der Waals surface area contributed by atoms with Crippen molar-refractivity contribution in [1.82, 2.24) is 5.32 Å². The minimum atomic E-state index is -0.371. The maximum absolute atomic E-state index is 12.4. The van der Waals surface area contributed by atoms with Gasteiger partial charge in [0, 0.05) is 10.4 Å². The first-order chi connectivity index (χ1) is 10.1. The van der Waals surface area contributed by atoms with E-state index in [-0.39, 0.29) is 24.3 Å². The van der Waals surface area contributed by atoms with Gasteiger partial charge in [-0.05, 0) is 30.0 Å². The van der Waals surface area contributed by atoms with Crippen LogP contribution in [-0.2, 0) is 9.53 Å². The Balaban J connectivity index is 2.17. The molecule has 0 saturated carbocycles. The average Bonchev–Trinajstić information content (AvgIpc) is 3.01. The van der Waals surface area contributed by atoms with E-state index in [4.69, 9.17) is 4.74 Å². The number of thiophene rings is 1. The van der Waals surface area contributed by atoms with Gasteiger partial charge in [-0.1, -0.05) is 24.3 Å². The second-order valence-electron chi connectivity index (χ2n) is 4.64. The highest BCUT2D eigenvalue weighted by atomic mass is 32.1. The van der Waals surface area contributed by atoms with Gasteiger partial charge in [0.05, 0.1) is 19.6 Å². The quantitative estimate of drug-likeness (QED) is 0.864. The van der Waals surface area contributed by atoms with Gasteiger partial charge in [-0.2, -0.15) is 0 Å². The number of carbonyl (C=O) groups is 2. The second-order valence-corrected chi connectivity index (χ2v) is 5.62. The van der Waals surface area contributed by atoms with Crippen LogP contribution in [0.15, 0.2) is 41.8 Å². The number of rotatable bonds is 5. The molecule has 1 atom stereocenters. The smallest absolute Gasteiger partial charge is 0.307 e. The van der Waals surface area contributed by atoms with Crippen LogP contribution in [-0.4, -0.2) is 19.0 Å². The number of hydrogen-bond acceptors (Lipinski definition) is 4. The van der Waals surface area contributed by atoms with Crippen LogP contribution in [0.5, 0.6) is 0 Å². The van der Waals surface area contributed by atoms with Crippen LogP contribution < -0.4 is 5.32 Å². The molecule has 0 aliphatic rings. The fourth-order valence-corrected chi connectivity index (χ4v) is 2.80. The third-order valence-electron chi connectivity index (χ3n) is 3.18. The number of nitrogens with one attached hydrogen (secondary N) is 1. The zero-order valence-electron chi connectivity index (χ0n) is 12.0. The van der Waals surface area contributed by atoms with E-state index in [1.807, 2.05) is 42.6 Å². The van der Waals surface area contributed by atoms with Crippen molar-refractivity contribution in [2.75, 3.05) is 7.11 Å². The van der Waals surface area contributed by atoms with Gasteiger partial charge in [-0.15, -0.1) is 11.3 Å². The first kappa shape index (κ1) is 15.3. The zero-order chi connectivity index (χ0) is 15.2. The number of ether oxygens (including phenoxy) is 1. The molecule has 4 nitrogen and oxygen atoms in total. The number of aryl methyl sites for hydroxylation is 1. The maximum Gasteiger partial charge on any atom is 0.307 e. The van der Waals surface area contributed by atoms with Crippen molar-refractivity contribution in [3.63, 3.8) is 0 Å². The average molecular weight is 303 g/mol. The molecular weight excluding hydrogens is 286 g/mol. The highest BCUT2D eigenvalue weighted by molar-refractivity contribution is 7.10. The molecule has 1 amide bonds. The fraction of sp³-hybridized carbons (Fsp3) is 0.250. The Morgan fingerprint density at radius 3 is 2.62 bits per heavy atom. The minimum absolute atomic E-state index is 0.120. The van der Waals surface area contributed by atoms with Crippen LogP contribution in [0.3, 0.4) is 0 Å². The molecule has 0 unspecified atom stereocenters. The van der Waals surface area contributed by atoms with E-state index in [0.29, 0.717) is 5.56 Å². The summed E-state index contributed by atoms with van der Waals surface area (Å²) in [5.74, 6) is -0.533. The van der Waals surface area contributed by atoms with Crippen LogP contribution in [0.1, 0.15) is 33.3 Å². The van der Waals surface area contributed by atoms with Crippen molar-refractivity contribution in [2.24, 2.45) is 0 Å². The first-order valence-electron chi connectivity index (χ1n) is 6.58. The molecule has 1 N–H and O–H groups in total. The Labute approximate surface area is 127 Å². The molecule has 1 aromatic heterocycles. The highest BCUT2D eigenvalue weighted by Gasteiger charge is 2.21. The minimum Gasteiger partial charge on any atom is -0.469 e. The molecule has 0 fully saturated rings. The molecule has 0 spiro atoms. The van der Waals surface area contributed by atoms with Crippen molar-refractivity contribution < 1.29 is 14.3 Å². The van der Waals surface area contributed by atoms with Crippen molar-refractivity contribution in [3.8, 4) is 0 Å². The number of carbonyl (C=O) groups excluding carboxylic acids is 2. The third kappa shape index (κ3) is 3.92. The van der Waals surface area contributed by atoms with E-state index in [0.717, 1.165) is 10.4 Å². The predicted molar refractivity (Wildman–Crippen MR) is 82.3 cm³/mol. The summed E-state index contributed by atoms with van der Waals surface area (Å²) in [7, 11) is 1.34.